The van der Waals surface area contributed by atoms with E-state index in [0.717, 1.165) is 26.2 Å². The molecule has 3 heteroatoms. The molecule has 0 aliphatic heterocycles. The molecule has 0 spiro atoms. The highest BCUT2D eigenvalue weighted by molar-refractivity contribution is 6.15. The van der Waals surface area contributed by atoms with E-state index < -0.39 is 0 Å². The molecule has 0 unspecified atom stereocenters. The van der Waals surface area contributed by atoms with Gasteiger partial charge in [0, 0.05) is 19.5 Å². The van der Waals surface area contributed by atoms with E-state index in [0.29, 0.717) is 0 Å². The van der Waals surface area contributed by atoms with Crippen molar-refractivity contribution in [2.24, 2.45) is 5.73 Å². The number of alkyl halides is 1. The number of nitrogens with two attached hydrogens (primary N) is 1. The lowest BCUT2D eigenvalue weighted by Crippen LogP contribution is -2.28. The fourth-order valence-electron chi connectivity index (χ4n) is 0.722. The van der Waals surface area contributed by atoms with Crippen LogP contribution in [-0.2, 0) is 0 Å². The first kappa shape index (κ1) is 12.8. The van der Waals surface area contributed by atoms with Crippen molar-refractivity contribution >= 4 is 11.6 Å². The summed E-state index contributed by atoms with van der Waals surface area (Å²) in [6.45, 7) is 8.36. The molecule has 2 nitrogen and oxygen atoms in total. The van der Waals surface area contributed by atoms with Crippen molar-refractivity contribution in [2.75, 3.05) is 32.6 Å². The van der Waals surface area contributed by atoms with Crippen molar-refractivity contribution in [1.29, 1.82) is 0 Å². The Balaban J connectivity index is 0. The zero-order valence-electron chi connectivity index (χ0n) is 7.23. The summed E-state index contributed by atoms with van der Waals surface area (Å²) in [4.78, 5) is 2.31. The first-order valence-electron chi connectivity index (χ1n) is 3.65. The molecule has 0 aromatic heterocycles. The third-order valence-corrected chi connectivity index (χ3v) is 1.34. The largest absolute Gasteiger partial charge is 0.329 e. The molecule has 0 amide bonds. The zero-order valence-corrected chi connectivity index (χ0v) is 7.99. The van der Waals surface area contributed by atoms with Crippen LogP contribution < -0.4 is 5.73 Å². The van der Waals surface area contributed by atoms with E-state index in [1.165, 1.54) is 6.38 Å². The van der Waals surface area contributed by atoms with Gasteiger partial charge in [-0.25, -0.2) is 0 Å². The standard InChI is InChI=1S/C6H16N2.CH3Cl/c1-3-8(4-2)6-5-7;1-2/h3-7H2,1-2H3;1H3. The number of likely N-dealkylation sites (N-methyl/N-ethyl adjacent to an activating group) is 1. The Bertz CT molecular complexity index is 46.9. The maximum atomic E-state index is 5.34. The fourth-order valence-corrected chi connectivity index (χ4v) is 0.722. The van der Waals surface area contributed by atoms with Gasteiger partial charge in [-0.1, -0.05) is 13.8 Å². The second kappa shape index (κ2) is 11.9. The molecule has 0 saturated carbocycles. The number of nitrogens with zero attached hydrogens (tertiary/aromatic N) is 1. The third-order valence-electron chi connectivity index (χ3n) is 1.34. The molecule has 0 radical (unpaired) electrons. The zero-order chi connectivity index (χ0) is 8.41. The Morgan fingerprint density at radius 2 is 1.60 bits per heavy atom. The van der Waals surface area contributed by atoms with Gasteiger partial charge in [0.2, 0.25) is 0 Å². The topological polar surface area (TPSA) is 29.3 Å². The van der Waals surface area contributed by atoms with Crippen LogP contribution in [0.2, 0.25) is 0 Å². The monoisotopic (exact) mass is 166 g/mol. The summed E-state index contributed by atoms with van der Waals surface area (Å²) >= 11 is 4.64. The summed E-state index contributed by atoms with van der Waals surface area (Å²) in [5.41, 5.74) is 5.34. The summed E-state index contributed by atoms with van der Waals surface area (Å²) in [6, 6.07) is 0. The van der Waals surface area contributed by atoms with Crippen molar-refractivity contribution in [3.63, 3.8) is 0 Å². The van der Waals surface area contributed by atoms with Crippen LogP contribution in [-0.4, -0.2) is 37.5 Å². The molecule has 10 heavy (non-hydrogen) atoms. The van der Waals surface area contributed by atoms with Crippen molar-refractivity contribution in [3.8, 4) is 0 Å². The Kier molecular flexibility index (Phi) is 15.3. The Morgan fingerprint density at radius 1 is 1.20 bits per heavy atom. The molecular weight excluding hydrogens is 148 g/mol. The Hall–Kier alpha value is 0.210. The summed E-state index contributed by atoms with van der Waals surface area (Å²) in [7, 11) is 0. The quantitative estimate of drug-likeness (QED) is 0.635. The van der Waals surface area contributed by atoms with E-state index in [9.17, 15) is 0 Å². The molecule has 64 valence electrons. The van der Waals surface area contributed by atoms with E-state index in [2.05, 4.69) is 30.3 Å². The summed E-state index contributed by atoms with van der Waals surface area (Å²) in [5.74, 6) is 0. The van der Waals surface area contributed by atoms with E-state index in [1.54, 1.807) is 0 Å². The predicted octanol–water partition coefficient (Wildman–Crippen LogP) is 1.14. The van der Waals surface area contributed by atoms with Crippen molar-refractivity contribution < 1.29 is 0 Å². The van der Waals surface area contributed by atoms with Gasteiger partial charge in [0.25, 0.3) is 0 Å². The van der Waals surface area contributed by atoms with Gasteiger partial charge in [-0.05, 0) is 13.1 Å². The van der Waals surface area contributed by atoms with Crippen LogP contribution in [0.15, 0.2) is 0 Å². The summed E-state index contributed by atoms with van der Waals surface area (Å²) in [5, 5.41) is 0. The van der Waals surface area contributed by atoms with Crippen LogP contribution >= 0.6 is 11.6 Å². The van der Waals surface area contributed by atoms with E-state index in [4.69, 9.17) is 5.73 Å². The first-order valence-corrected chi connectivity index (χ1v) is 4.41. The highest BCUT2D eigenvalue weighted by atomic mass is 35.5. The lowest BCUT2D eigenvalue weighted by atomic mass is 10.5. The van der Waals surface area contributed by atoms with Gasteiger partial charge < -0.3 is 10.6 Å². The summed E-state index contributed by atoms with van der Waals surface area (Å²) < 4.78 is 0. The Morgan fingerprint density at radius 3 is 1.70 bits per heavy atom. The van der Waals surface area contributed by atoms with Crippen LogP contribution in [0, 0.1) is 0 Å². The first-order chi connectivity index (χ1) is 4.85. The van der Waals surface area contributed by atoms with Crippen molar-refractivity contribution in [1.82, 2.24) is 4.90 Å². The molecular formula is C7H19ClN2. The molecule has 2 N–H and O–H groups in total. The molecule has 0 saturated heterocycles. The highest BCUT2D eigenvalue weighted by Crippen LogP contribution is 1.81. The Labute approximate surface area is 69.3 Å². The average Bonchev–Trinajstić information content (AvgIpc) is 2.04. The molecule has 0 atom stereocenters. The molecule has 0 fully saturated rings. The molecule has 0 heterocycles. The van der Waals surface area contributed by atoms with Crippen LogP contribution in [0.25, 0.3) is 0 Å². The second-order valence-corrected chi connectivity index (χ2v) is 1.82. The van der Waals surface area contributed by atoms with Gasteiger partial charge in [0.15, 0.2) is 0 Å². The maximum Gasteiger partial charge on any atom is 0.0108 e. The van der Waals surface area contributed by atoms with Gasteiger partial charge >= 0.3 is 0 Å². The molecule has 0 aromatic carbocycles. The highest BCUT2D eigenvalue weighted by Gasteiger charge is 1.92. The minimum Gasteiger partial charge on any atom is -0.329 e. The van der Waals surface area contributed by atoms with Crippen LogP contribution in [0.5, 0.6) is 0 Å². The van der Waals surface area contributed by atoms with E-state index in [-0.39, 0.29) is 0 Å². The molecule has 0 aliphatic rings. The van der Waals surface area contributed by atoms with Crippen LogP contribution in [0.1, 0.15) is 13.8 Å². The summed E-state index contributed by atoms with van der Waals surface area (Å²) in [6.07, 6.45) is 1.47. The normalized spacial score (nSPS) is 9.00. The number of hydrogen-bond acceptors (Lipinski definition) is 2. The second-order valence-electron chi connectivity index (χ2n) is 1.82. The minimum atomic E-state index is 0.779. The molecule has 0 rings (SSSR count). The predicted molar refractivity (Wildman–Crippen MR) is 48.6 cm³/mol. The fraction of sp³-hybridized carbons (Fsp3) is 1.00. The van der Waals surface area contributed by atoms with E-state index >= 15 is 0 Å². The number of halogens is 1. The van der Waals surface area contributed by atoms with Gasteiger partial charge in [0.05, 0.1) is 0 Å². The SMILES string of the molecule is CCN(CC)CCN.CCl. The molecule has 0 aromatic rings. The van der Waals surface area contributed by atoms with Crippen LogP contribution in [0.4, 0.5) is 0 Å². The molecule has 0 bridgehead atoms. The van der Waals surface area contributed by atoms with Gasteiger partial charge in [-0.15, -0.1) is 11.6 Å². The van der Waals surface area contributed by atoms with Crippen molar-refractivity contribution in [3.05, 3.63) is 0 Å². The van der Waals surface area contributed by atoms with E-state index in [1.807, 2.05) is 0 Å². The van der Waals surface area contributed by atoms with Gasteiger partial charge in [-0.3, -0.25) is 0 Å². The van der Waals surface area contributed by atoms with Crippen molar-refractivity contribution in [2.45, 2.75) is 13.8 Å². The minimum absolute atomic E-state index is 0.779. The lowest BCUT2D eigenvalue weighted by molar-refractivity contribution is 0.312. The molecule has 0 aliphatic carbocycles. The smallest absolute Gasteiger partial charge is 0.0108 e. The third kappa shape index (κ3) is 8.21. The van der Waals surface area contributed by atoms with Crippen LogP contribution in [0.3, 0.4) is 0 Å². The number of hydrogen-bond donors (Lipinski definition) is 1. The lowest BCUT2D eigenvalue weighted by Gasteiger charge is -2.15. The number of rotatable bonds is 4. The van der Waals surface area contributed by atoms with Gasteiger partial charge in [-0.2, -0.15) is 0 Å². The maximum absolute atomic E-state index is 5.34. The average molecular weight is 167 g/mol. The van der Waals surface area contributed by atoms with Gasteiger partial charge in [0.1, 0.15) is 0 Å².